The van der Waals surface area contributed by atoms with Gasteiger partial charge in [0.25, 0.3) is 0 Å². The quantitative estimate of drug-likeness (QED) is 0.533. The molecule has 5 N–H and O–H groups in total. The van der Waals surface area contributed by atoms with Crippen LogP contribution in [0, 0.1) is 0 Å². The zero-order valence-corrected chi connectivity index (χ0v) is 18.0. The first-order valence-electron chi connectivity index (χ1n) is 9.99. The number of rotatable bonds is 6. The lowest BCUT2D eigenvalue weighted by Crippen LogP contribution is -2.10. The smallest absolute Gasteiger partial charge is 0.222 e. The summed E-state index contributed by atoms with van der Waals surface area (Å²) in [5, 5.41) is 3.33. The molecule has 0 amide bonds. The molecule has 2 aromatic carbocycles. The van der Waals surface area contributed by atoms with Crippen molar-refractivity contribution in [2.24, 2.45) is 0 Å². The van der Waals surface area contributed by atoms with E-state index in [4.69, 9.17) is 16.2 Å². The van der Waals surface area contributed by atoms with Crippen molar-refractivity contribution in [1.29, 1.82) is 0 Å². The first-order chi connectivity index (χ1) is 14.8. The Balaban J connectivity index is 1.51. The first kappa shape index (κ1) is 21.1. The van der Waals surface area contributed by atoms with Crippen LogP contribution in [0.3, 0.4) is 0 Å². The van der Waals surface area contributed by atoms with Gasteiger partial charge < -0.3 is 21.5 Å². The lowest BCUT2D eigenvalue weighted by Gasteiger charge is -2.17. The molecule has 3 aromatic rings. The molecular weight excluding hydrogens is 414 g/mol. The molecule has 8 nitrogen and oxygen atoms in total. The molecule has 1 fully saturated rings. The van der Waals surface area contributed by atoms with Crippen LogP contribution in [0.4, 0.5) is 17.5 Å². The fourth-order valence-corrected chi connectivity index (χ4v) is 4.28. The van der Waals surface area contributed by atoms with E-state index in [2.05, 4.69) is 15.3 Å². The maximum Gasteiger partial charge on any atom is 0.222 e. The highest BCUT2D eigenvalue weighted by Gasteiger charge is 2.25. The number of anilines is 3. The molecule has 1 atom stereocenters. The Morgan fingerprint density at radius 1 is 1.06 bits per heavy atom. The summed E-state index contributed by atoms with van der Waals surface area (Å²) in [5.74, 6) is 0.483. The lowest BCUT2D eigenvalue weighted by atomic mass is 10.00. The predicted octanol–water partition coefficient (Wildman–Crippen LogP) is 3.18. The van der Waals surface area contributed by atoms with E-state index < -0.39 is 9.84 Å². The van der Waals surface area contributed by atoms with Gasteiger partial charge in [0, 0.05) is 30.7 Å². The third-order valence-corrected chi connectivity index (χ3v) is 6.37. The van der Waals surface area contributed by atoms with Crippen molar-refractivity contribution >= 4 is 27.3 Å². The highest BCUT2D eigenvalue weighted by atomic mass is 32.2. The average molecular weight is 440 g/mol. The molecule has 0 saturated carbocycles. The molecule has 1 aliphatic heterocycles. The van der Waals surface area contributed by atoms with Crippen LogP contribution < -0.4 is 16.8 Å². The van der Waals surface area contributed by atoms with E-state index in [0.29, 0.717) is 23.9 Å². The second-order valence-electron chi connectivity index (χ2n) is 7.58. The summed E-state index contributed by atoms with van der Waals surface area (Å²) in [7, 11) is -3.19. The summed E-state index contributed by atoms with van der Waals surface area (Å²) in [5.41, 5.74) is 16.3. The first-order valence-corrected chi connectivity index (χ1v) is 11.9. The van der Waals surface area contributed by atoms with Gasteiger partial charge in [-0.15, -0.1) is 0 Å². The Hall–Kier alpha value is -3.17. The number of benzene rings is 2. The Kier molecular flexibility index (Phi) is 5.79. The van der Waals surface area contributed by atoms with Crippen LogP contribution in [0.25, 0.3) is 11.1 Å². The number of nitrogens with two attached hydrogens (primary N) is 2. The third-order valence-electron chi connectivity index (χ3n) is 5.24. The summed E-state index contributed by atoms with van der Waals surface area (Å²) in [6, 6.07) is 14.7. The van der Waals surface area contributed by atoms with Crippen molar-refractivity contribution in [2.75, 3.05) is 29.6 Å². The van der Waals surface area contributed by atoms with Crippen molar-refractivity contribution in [1.82, 2.24) is 9.97 Å². The molecule has 1 aromatic heterocycles. The molecule has 1 saturated heterocycles. The van der Waals surface area contributed by atoms with Crippen LogP contribution in [0.15, 0.2) is 53.4 Å². The molecular formula is C22H25N5O3S. The molecule has 4 rings (SSSR count). The Morgan fingerprint density at radius 3 is 2.39 bits per heavy atom. The third kappa shape index (κ3) is 4.78. The van der Waals surface area contributed by atoms with E-state index in [1.54, 1.807) is 24.3 Å². The number of sulfone groups is 1. The largest absolute Gasteiger partial charge is 0.383 e. The van der Waals surface area contributed by atoms with Crippen molar-refractivity contribution in [3.8, 4) is 11.1 Å². The summed E-state index contributed by atoms with van der Waals surface area (Å²) in [6.07, 6.45) is 2.92. The minimum absolute atomic E-state index is 0.129. The summed E-state index contributed by atoms with van der Waals surface area (Å²) in [4.78, 5) is 8.86. The minimum atomic E-state index is -3.19. The Morgan fingerprint density at radius 2 is 1.77 bits per heavy atom. The number of nitrogens with one attached hydrogen (secondary N) is 1. The number of ether oxygens (including phenoxy) is 1. The Bertz CT molecular complexity index is 1170. The maximum absolute atomic E-state index is 11.6. The van der Waals surface area contributed by atoms with Gasteiger partial charge in [0.15, 0.2) is 9.84 Å². The number of nitrogen functional groups attached to an aromatic ring is 2. The van der Waals surface area contributed by atoms with Crippen LogP contribution in [0.2, 0.25) is 0 Å². The van der Waals surface area contributed by atoms with Crippen LogP contribution >= 0.6 is 0 Å². The van der Waals surface area contributed by atoms with Crippen molar-refractivity contribution in [2.45, 2.75) is 30.4 Å². The molecule has 162 valence electrons. The van der Waals surface area contributed by atoms with E-state index in [0.717, 1.165) is 40.9 Å². The van der Waals surface area contributed by atoms with Gasteiger partial charge in [-0.1, -0.05) is 24.3 Å². The van der Waals surface area contributed by atoms with Gasteiger partial charge in [-0.2, -0.15) is 4.98 Å². The molecule has 0 spiro atoms. The van der Waals surface area contributed by atoms with Gasteiger partial charge in [0.2, 0.25) is 5.95 Å². The maximum atomic E-state index is 11.6. The SMILES string of the molecule is CS(=O)(=O)c1ccc(CNc2ccc(-c3c(N)nc(N)nc3[C@H]3CCCO3)cc2)cc1. The summed E-state index contributed by atoms with van der Waals surface area (Å²) in [6.45, 7) is 1.26. The van der Waals surface area contributed by atoms with Crippen LogP contribution in [0.5, 0.6) is 0 Å². The molecule has 31 heavy (non-hydrogen) atoms. The number of hydrogen-bond donors (Lipinski definition) is 3. The van der Waals surface area contributed by atoms with E-state index in [-0.39, 0.29) is 12.1 Å². The number of hydrogen-bond acceptors (Lipinski definition) is 8. The summed E-state index contributed by atoms with van der Waals surface area (Å²) < 4.78 is 28.9. The van der Waals surface area contributed by atoms with Crippen LogP contribution in [-0.4, -0.2) is 31.2 Å². The minimum Gasteiger partial charge on any atom is -0.383 e. The molecule has 0 aliphatic carbocycles. The lowest BCUT2D eigenvalue weighted by molar-refractivity contribution is 0.109. The molecule has 9 heteroatoms. The van der Waals surface area contributed by atoms with E-state index in [1.165, 1.54) is 6.26 Å². The number of nitrogens with zero attached hydrogens (tertiary/aromatic N) is 2. The normalized spacial score (nSPS) is 16.4. The van der Waals surface area contributed by atoms with Gasteiger partial charge in [-0.25, -0.2) is 13.4 Å². The van der Waals surface area contributed by atoms with Gasteiger partial charge in [0.1, 0.15) is 11.9 Å². The zero-order valence-electron chi connectivity index (χ0n) is 17.2. The number of aromatic nitrogens is 2. The van der Waals surface area contributed by atoms with E-state index in [9.17, 15) is 8.42 Å². The molecule has 2 heterocycles. The van der Waals surface area contributed by atoms with Gasteiger partial charge in [0.05, 0.1) is 10.6 Å². The fourth-order valence-electron chi connectivity index (χ4n) is 3.65. The average Bonchev–Trinajstić information content (AvgIpc) is 3.27. The summed E-state index contributed by atoms with van der Waals surface area (Å²) >= 11 is 0. The van der Waals surface area contributed by atoms with Crippen molar-refractivity contribution in [3.63, 3.8) is 0 Å². The molecule has 0 unspecified atom stereocenters. The molecule has 0 bridgehead atoms. The van der Waals surface area contributed by atoms with E-state index in [1.807, 2.05) is 24.3 Å². The van der Waals surface area contributed by atoms with Gasteiger partial charge in [-0.3, -0.25) is 0 Å². The van der Waals surface area contributed by atoms with Crippen LogP contribution in [0.1, 0.15) is 30.2 Å². The van der Waals surface area contributed by atoms with Gasteiger partial charge in [-0.05, 0) is 48.2 Å². The monoisotopic (exact) mass is 439 g/mol. The topological polar surface area (TPSA) is 133 Å². The van der Waals surface area contributed by atoms with Crippen LogP contribution in [-0.2, 0) is 21.1 Å². The van der Waals surface area contributed by atoms with Crippen molar-refractivity contribution < 1.29 is 13.2 Å². The van der Waals surface area contributed by atoms with Crippen molar-refractivity contribution in [3.05, 3.63) is 59.8 Å². The second kappa shape index (κ2) is 8.52. The fraction of sp³-hybridized carbons (Fsp3) is 0.273. The standard InChI is InChI=1S/C22H25N5O3S/c1-31(28,29)17-10-4-14(5-11-17)13-25-16-8-6-15(7-9-16)19-20(18-3-2-12-30-18)26-22(24)27-21(19)23/h4-11,18,25H,2-3,12-13H2,1H3,(H4,23,24,26,27)/t18-/m1/s1. The molecule has 1 aliphatic rings. The van der Waals surface area contributed by atoms with E-state index >= 15 is 0 Å². The van der Waals surface area contributed by atoms with Gasteiger partial charge >= 0.3 is 0 Å². The zero-order chi connectivity index (χ0) is 22.0. The predicted molar refractivity (Wildman–Crippen MR) is 121 cm³/mol. The highest BCUT2D eigenvalue weighted by Crippen LogP contribution is 2.37. The Labute approximate surface area is 181 Å². The molecule has 0 radical (unpaired) electrons. The highest BCUT2D eigenvalue weighted by molar-refractivity contribution is 7.90. The second-order valence-corrected chi connectivity index (χ2v) is 9.59.